The Morgan fingerprint density at radius 3 is 2.62 bits per heavy atom. The molecule has 6 nitrogen and oxygen atoms in total. The van der Waals surface area contributed by atoms with Gasteiger partial charge in [0.05, 0.1) is 6.04 Å². The molecule has 1 aromatic rings. The minimum Gasteiger partial charge on any atom is -0.339 e. The zero-order chi connectivity index (χ0) is 17.1. The summed E-state index contributed by atoms with van der Waals surface area (Å²) < 4.78 is 0. The molecule has 24 heavy (non-hydrogen) atoms. The highest BCUT2D eigenvalue weighted by atomic mass is 16.2. The molecule has 0 spiro atoms. The van der Waals surface area contributed by atoms with Crippen LogP contribution in [0.4, 0.5) is 4.79 Å². The Kier molecular flexibility index (Phi) is 5.04. The zero-order valence-corrected chi connectivity index (χ0v) is 14.4. The summed E-state index contributed by atoms with van der Waals surface area (Å²) in [6, 6.07) is 9.74. The van der Waals surface area contributed by atoms with Gasteiger partial charge < -0.3 is 15.1 Å². The van der Waals surface area contributed by atoms with Crippen molar-refractivity contribution in [3.63, 3.8) is 0 Å². The molecule has 2 unspecified atom stereocenters. The van der Waals surface area contributed by atoms with Gasteiger partial charge in [-0.15, -0.1) is 0 Å². The van der Waals surface area contributed by atoms with Crippen LogP contribution in [0.3, 0.4) is 0 Å². The summed E-state index contributed by atoms with van der Waals surface area (Å²) in [5.74, 6) is 0.121. The van der Waals surface area contributed by atoms with Gasteiger partial charge in [-0.25, -0.2) is 4.79 Å². The van der Waals surface area contributed by atoms with E-state index in [9.17, 15) is 9.59 Å². The van der Waals surface area contributed by atoms with E-state index in [-0.39, 0.29) is 24.0 Å². The molecule has 2 aliphatic heterocycles. The molecule has 6 heteroatoms. The van der Waals surface area contributed by atoms with E-state index < -0.39 is 0 Å². The van der Waals surface area contributed by atoms with E-state index in [0.717, 1.165) is 31.5 Å². The van der Waals surface area contributed by atoms with Gasteiger partial charge >= 0.3 is 6.03 Å². The van der Waals surface area contributed by atoms with Crippen molar-refractivity contribution in [2.75, 3.05) is 40.3 Å². The summed E-state index contributed by atoms with van der Waals surface area (Å²) in [4.78, 5) is 30.8. The van der Waals surface area contributed by atoms with Crippen molar-refractivity contribution < 1.29 is 9.59 Å². The Morgan fingerprint density at radius 1 is 1.25 bits per heavy atom. The van der Waals surface area contributed by atoms with Gasteiger partial charge in [0.1, 0.15) is 6.04 Å². The predicted octanol–water partition coefficient (Wildman–Crippen LogP) is 1.31. The highest BCUT2D eigenvalue weighted by Gasteiger charge is 2.35. The number of benzene rings is 1. The molecular weight excluding hydrogens is 304 g/mol. The molecule has 3 amide bonds. The van der Waals surface area contributed by atoms with Crippen LogP contribution >= 0.6 is 0 Å². The summed E-state index contributed by atoms with van der Waals surface area (Å²) in [5.41, 5.74) is 1.01. The average molecular weight is 330 g/mol. The number of hydrogen-bond donors (Lipinski definition) is 1. The van der Waals surface area contributed by atoms with Crippen molar-refractivity contribution in [1.82, 2.24) is 20.0 Å². The Morgan fingerprint density at radius 2 is 2.00 bits per heavy atom. The molecule has 0 bridgehead atoms. The maximum absolute atomic E-state index is 13.1. The minimum absolute atomic E-state index is 0.00141. The smallest absolute Gasteiger partial charge is 0.317 e. The van der Waals surface area contributed by atoms with Crippen molar-refractivity contribution >= 4 is 11.9 Å². The molecule has 130 valence electrons. The number of carbonyl (C=O) groups excluding carboxylic acids is 2. The first-order valence-corrected chi connectivity index (χ1v) is 8.62. The number of likely N-dealkylation sites (N-methyl/N-ethyl adjacent to an activating group) is 1. The quantitative estimate of drug-likeness (QED) is 0.905. The standard InChI is InChI=1S/C18H26N4O2/c1-20(2)16(14-7-4-3-5-8-14)17(23)21-11-6-9-15(13-21)22-12-10-19-18(22)24/h3-5,7-8,15-16H,6,9-13H2,1-2H3,(H,19,24). The zero-order valence-electron chi connectivity index (χ0n) is 14.4. The Bertz CT molecular complexity index is 590. The van der Waals surface area contributed by atoms with Crippen LogP contribution in [0.15, 0.2) is 30.3 Å². The van der Waals surface area contributed by atoms with Gasteiger partial charge in [0, 0.05) is 26.2 Å². The third-order valence-corrected chi connectivity index (χ3v) is 4.90. The van der Waals surface area contributed by atoms with Crippen LogP contribution in [0.25, 0.3) is 0 Å². The van der Waals surface area contributed by atoms with E-state index >= 15 is 0 Å². The van der Waals surface area contributed by atoms with Crippen LogP contribution in [-0.2, 0) is 4.79 Å². The number of carbonyl (C=O) groups is 2. The van der Waals surface area contributed by atoms with Crippen LogP contribution in [0.2, 0.25) is 0 Å². The van der Waals surface area contributed by atoms with Crippen LogP contribution in [0.5, 0.6) is 0 Å². The number of rotatable bonds is 4. The fourth-order valence-electron chi connectivity index (χ4n) is 3.71. The van der Waals surface area contributed by atoms with Crippen LogP contribution < -0.4 is 5.32 Å². The van der Waals surface area contributed by atoms with Gasteiger partial charge in [-0.05, 0) is 32.5 Å². The molecule has 0 radical (unpaired) electrons. The van der Waals surface area contributed by atoms with Crippen LogP contribution in [0, 0.1) is 0 Å². The van der Waals surface area contributed by atoms with E-state index in [4.69, 9.17) is 0 Å². The second kappa shape index (κ2) is 7.21. The highest BCUT2D eigenvalue weighted by molar-refractivity contribution is 5.83. The number of urea groups is 1. The molecule has 2 fully saturated rings. The second-order valence-corrected chi connectivity index (χ2v) is 6.78. The molecular formula is C18H26N4O2. The third kappa shape index (κ3) is 3.38. The molecule has 0 saturated carbocycles. The van der Waals surface area contributed by atoms with E-state index in [1.807, 2.05) is 59.1 Å². The monoisotopic (exact) mass is 330 g/mol. The van der Waals surface area contributed by atoms with Crippen molar-refractivity contribution in [3.8, 4) is 0 Å². The second-order valence-electron chi connectivity index (χ2n) is 6.78. The number of nitrogens with one attached hydrogen (secondary N) is 1. The fraction of sp³-hybridized carbons (Fsp3) is 0.556. The number of hydrogen-bond acceptors (Lipinski definition) is 3. The summed E-state index contributed by atoms with van der Waals surface area (Å²) in [6.45, 7) is 2.83. The van der Waals surface area contributed by atoms with E-state index in [0.29, 0.717) is 13.1 Å². The number of nitrogens with zero attached hydrogens (tertiary/aromatic N) is 3. The van der Waals surface area contributed by atoms with Crippen molar-refractivity contribution in [2.24, 2.45) is 0 Å². The highest BCUT2D eigenvalue weighted by Crippen LogP contribution is 2.24. The molecule has 1 aromatic carbocycles. The molecule has 2 heterocycles. The van der Waals surface area contributed by atoms with E-state index in [1.165, 1.54) is 0 Å². The lowest BCUT2D eigenvalue weighted by Gasteiger charge is -2.39. The first-order valence-electron chi connectivity index (χ1n) is 8.62. The Balaban J connectivity index is 1.74. The minimum atomic E-state index is -0.280. The largest absolute Gasteiger partial charge is 0.339 e. The first kappa shape index (κ1) is 16.8. The Hall–Kier alpha value is -2.08. The SMILES string of the molecule is CN(C)C(C(=O)N1CCCC(N2CCNC2=O)C1)c1ccccc1. The van der Waals surface area contributed by atoms with Crippen molar-refractivity contribution in [2.45, 2.75) is 24.9 Å². The van der Waals surface area contributed by atoms with Crippen LogP contribution in [0.1, 0.15) is 24.4 Å². The summed E-state index contributed by atoms with van der Waals surface area (Å²) >= 11 is 0. The summed E-state index contributed by atoms with van der Waals surface area (Å²) in [6.07, 6.45) is 1.91. The van der Waals surface area contributed by atoms with Gasteiger partial charge in [0.15, 0.2) is 0 Å². The van der Waals surface area contributed by atoms with Crippen LogP contribution in [-0.4, -0.2) is 73.0 Å². The maximum Gasteiger partial charge on any atom is 0.317 e. The normalized spacial score (nSPS) is 22.6. The van der Waals surface area contributed by atoms with Gasteiger partial charge in [0.2, 0.25) is 5.91 Å². The lowest BCUT2D eigenvalue weighted by Crippen LogP contribution is -2.52. The summed E-state index contributed by atoms with van der Waals surface area (Å²) in [5, 5.41) is 2.85. The van der Waals surface area contributed by atoms with Crippen molar-refractivity contribution in [3.05, 3.63) is 35.9 Å². The summed E-state index contributed by atoms with van der Waals surface area (Å²) in [7, 11) is 3.87. The van der Waals surface area contributed by atoms with E-state index in [2.05, 4.69) is 5.32 Å². The van der Waals surface area contributed by atoms with Gasteiger partial charge in [-0.2, -0.15) is 0 Å². The lowest BCUT2D eigenvalue weighted by molar-refractivity contribution is -0.138. The molecule has 0 aromatic heterocycles. The lowest BCUT2D eigenvalue weighted by atomic mass is 10.00. The van der Waals surface area contributed by atoms with Gasteiger partial charge in [0.25, 0.3) is 0 Å². The Labute approximate surface area is 143 Å². The number of likely N-dealkylation sites (tertiary alicyclic amines) is 1. The van der Waals surface area contributed by atoms with Crippen molar-refractivity contribution in [1.29, 1.82) is 0 Å². The molecule has 2 atom stereocenters. The molecule has 2 aliphatic rings. The molecule has 0 aliphatic carbocycles. The molecule has 1 N–H and O–H groups in total. The number of piperidine rings is 1. The topological polar surface area (TPSA) is 55.9 Å². The maximum atomic E-state index is 13.1. The van der Waals surface area contributed by atoms with Gasteiger partial charge in [-0.3, -0.25) is 9.69 Å². The van der Waals surface area contributed by atoms with Gasteiger partial charge in [-0.1, -0.05) is 30.3 Å². The molecule has 2 saturated heterocycles. The van der Waals surface area contributed by atoms with E-state index in [1.54, 1.807) is 0 Å². The fourth-order valence-corrected chi connectivity index (χ4v) is 3.71. The first-order chi connectivity index (χ1) is 11.6. The predicted molar refractivity (Wildman–Crippen MR) is 92.6 cm³/mol. The third-order valence-electron chi connectivity index (χ3n) is 4.90. The average Bonchev–Trinajstić information content (AvgIpc) is 3.02. The molecule has 3 rings (SSSR count). The number of amides is 3.